The van der Waals surface area contributed by atoms with Crippen molar-refractivity contribution in [1.82, 2.24) is 10.3 Å². The fraction of sp³-hybridized carbons (Fsp3) is 0.522. The van der Waals surface area contributed by atoms with E-state index in [1.165, 1.54) is 25.3 Å². The molecule has 1 aromatic carbocycles. The predicted molar refractivity (Wildman–Crippen MR) is 108 cm³/mol. The number of pyridine rings is 1. The van der Waals surface area contributed by atoms with Crippen LogP contribution in [0.3, 0.4) is 0 Å². The lowest BCUT2D eigenvalue weighted by molar-refractivity contribution is -0.134. The summed E-state index contributed by atoms with van der Waals surface area (Å²) < 4.78 is 5.47. The first-order valence-electron chi connectivity index (χ1n) is 10.6. The first-order chi connectivity index (χ1) is 13.9. The van der Waals surface area contributed by atoms with Gasteiger partial charge >= 0.3 is 5.97 Å². The van der Waals surface area contributed by atoms with Gasteiger partial charge < -0.3 is 15.0 Å². The molecule has 0 spiro atoms. The third-order valence-electron chi connectivity index (χ3n) is 7.05. The zero-order valence-corrected chi connectivity index (χ0v) is 16.6. The van der Waals surface area contributed by atoms with E-state index in [0.29, 0.717) is 10.9 Å². The predicted octanol–water partition coefficient (Wildman–Crippen LogP) is 3.16. The van der Waals surface area contributed by atoms with Gasteiger partial charge in [0.2, 0.25) is 5.56 Å². The van der Waals surface area contributed by atoms with E-state index in [2.05, 4.69) is 10.3 Å². The number of ether oxygens (including phenoxy) is 1. The summed E-state index contributed by atoms with van der Waals surface area (Å²) >= 11 is 0. The number of esters is 1. The zero-order chi connectivity index (χ0) is 20.2. The maximum Gasteiger partial charge on any atom is 0.339 e. The highest BCUT2D eigenvalue weighted by Crippen LogP contribution is 2.55. The Labute approximate surface area is 169 Å². The van der Waals surface area contributed by atoms with Crippen LogP contribution in [0.5, 0.6) is 0 Å². The highest BCUT2D eigenvalue weighted by atomic mass is 16.5. The Bertz CT molecular complexity index is 1010. The van der Waals surface area contributed by atoms with Crippen LogP contribution >= 0.6 is 0 Å². The third kappa shape index (κ3) is 3.34. The summed E-state index contributed by atoms with van der Waals surface area (Å²) in [6.45, 7) is 1.60. The minimum atomic E-state index is -0.909. The molecule has 2 N–H and O–H groups in total. The van der Waals surface area contributed by atoms with Crippen molar-refractivity contribution in [2.75, 3.05) is 0 Å². The molecule has 1 aromatic heterocycles. The topological polar surface area (TPSA) is 88.3 Å². The highest BCUT2D eigenvalue weighted by Gasteiger charge is 2.51. The number of aromatic nitrogens is 1. The molecule has 1 heterocycles. The largest absolute Gasteiger partial charge is 0.449 e. The van der Waals surface area contributed by atoms with E-state index >= 15 is 0 Å². The van der Waals surface area contributed by atoms with Gasteiger partial charge in [-0.15, -0.1) is 0 Å². The number of aromatic amines is 1. The number of nitrogens with one attached hydrogen (secondary N) is 2. The Balaban J connectivity index is 1.31. The van der Waals surface area contributed by atoms with E-state index in [9.17, 15) is 14.4 Å². The number of carbonyl (C=O) groups is 2. The van der Waals surface area contributed by atoms with Crippen molar-refractivity contribution >= 4 is 22.8 Å². The van der Waals surface area contributed by atoms with Crippen molar-refractivity contribution in [2.24, 2.45) is 17.8 Å². The molecule has 0 unspecified atom stereocenters. The summed E-state index contributed by atoms with van der Waals surface area (Å²) in [6.07, 6.45) is 6.13. The highest BCUT2D eigenvalue weighted by molar-refractivity contribution is 6.04. The van der Waals surface area contributed by atoms with Crippen molar-refractivity contribution in [3.05, 3.63) is 46.2 Å². The standard InChI is InChI=1S/C23H26N2O4/c1-13(21(27)25-23-10-14-6-15(11-23)8-16(7-14)12-23)29-22(28)18-9-20(26)24-19-5-3-2-4-17(18)19/h2-5,9,13-16H,6-8,10-12H2,1H3,(H,24,26)(H,25,27)/t13-,14?,15?,16?,23?/m1/s1. The van der Waals surface area contributed by atoms with Crippen LogP contribution in [0.15, 0.2) is 35.1 Å². The first kappa shape index (κ1) is 18.4. The van der Waals surface area contributed by atoms with Crippen LogP contribution < -0.4 is 10.9 Å². The van der Waals surface area contributed by atoms with Gasteiger partial charge in [-0.1, -0.05) is 18.2 Å². The normalized spacial score (nSPS) is 30.9. The van der Waals surface area contributed by atoms with Gasteiger partial charge in [0.05, 0.1) is 5.56 Å². The molecule has 4 saturated carbocycles. The molecule has 4 bridgehead atoms. The van der Waals surface area contributed by atoms with Gasteiger partial charge in [0.25, 0.3) is 5.91 Å². The summed E-state index contributed by atoms with van der Waals surface area (Å²) in [5.74, 6) is 1.28. The summed E-state index contributed by atoms with van der Waals surface area (Å²) in [4.78, 5) is 40.2. The molecule has 6 nitrogen and oxygen atoms in total. The molecule has 0 aliphatic heterocycles. The average Bonchev–Trinajstić information content (AvgIpc) is 2.65. The summed E-state index contributed by atoms with van der Waals surface area (Å²) in [5, 5.41) is 3.85. The second kappa shape index (κ2) is 6.71. The number of para-hydroxylation sites is 1. The van der Waals surface area contributed by atoms with Gasteiger partial charge in [0.1, 0.15) is 0 Å². The van der Waals surface area contributed by atoms with Crippen LogP contribution in [-0.4, -0.2) is 28.5 Å². The first-order valence-corrected chi connectivity index (χ1v) is 10.6. The quantitative estimate of drug-likeness (QED) is 0.780. The van der Waals surface area contributed by atoms with Crippen LogP contribution in [-0.2, 0) is 9.53 Å². The van der Waals surface area contributed by atoms with Crippen LogP contribution in [0.4, 0.5) is 0 Å². The molecule has 6 heteroatoms. The molecule has 0 saturated heterocycles. The molecule has 0 radical (unpaired) electrons. The number of hydrogen-bond donors (Lipinski definition) is 2. The molecule has 4 aliphatic rings. The molecule has 6 rings (SSSR count). The monoisotopic (exact) mass is 394 g/mol. The molecule has 4 aliphatic carbocycles. The Morgan fingerprint density at radius 1 is 1.10 bits per heavy atom. The van der Waals surface area contributed by atoms with Gasteiger partial charge in [0.15, 0.2) is 6.10 Å². The molecule has 1 atom stereocenters. The van der Waals surface area contributed by atoms with E-state index in [1.54, 1.807) is 31.2 Å². The van der Waals surface area contributed by atoms with E-state index < -0.39 is 12.1 Å². The van der Waals surface area contributed by atoms with Gasteiger partial charge in [-0.05, 0) is 69.3 Å². The van der Waals surface area contributed by atoms with E-state index in [-0.39, 0.29) is 22.6 Å². The number of amides is 1. The fourth-order valence-corrected chi connectivity index (χ4v) is 6.28. The van der Waals surface area contributed by atoms with Gasteiger partial charge in [-0.25, -0.2) is 4.79 Å². The minimum Gasteiger partial charge on any atom is -0.449 e. The van der Waals surface area contributed by atoms with Crippen molar-refractivity contribution in [3.8, 4) is 0 Å². The summed E-state index contributed by atoms with van der Waals surface area (Å²) in [7, 11) is 0. The molecule has 1 amide bonds. The number of H-pyrrole nitrogens is 1. The van der Waals surface area contributed by atoms with Crippen molar-refractivity contribution in [1.29, 1.82) is 0 Å². The number of hydrogen-bond acceptors (Lipinski definition) is 4. The lowest BCUT2D eigenvalue weighted by Gasteiger charge is -2.57. The van der Waals surface area contributed by atoms with Crippen LogP contribution in [0.2, 0.25) is 0 Å². The van der Waals surface area contributed by atoms with E-state index in [0.717, 1.165) is 37.0 Å². The smallest absolute Gasteiger partial charge is 0.339 e. The second-order valence-electron chi connectivity index (χ2n) is 9.33. The summed E-state index contributed by atoms with van der Waals surface area (Å²) in [5.41, 5.74) is 0.251. The molecular weight excluding hydrogens is 368 g/mol. The second-order valence-corrected chi connectivity index (χ2v) is 9.33. The van der Waals surface area contributed by atoms with E-state index in [1.807, 2.05) is 0 Å². The Morgan fingerprint density at radius 3 is 2.38 bits per heavy atom. The molecular formula is C23H26N2O4. The Kier molecular flexibility index (Phi) is 4.26. The van der Waals surface area contributed by atoms with Crippen molar-refractivity contribution in [3.63, 3.8) is 0 Å². The SMILES string of the molecule is C[C@@H](OC(=O)c1cc(=O)[nH]c2ccccc12)C(=O)NC12CC3CC(CC(C3)C1)C2. The zero-order valence-electron chi connectivity index (χ0n) is 16.6. The Hall–Kier alpha value is -2.63. The maximum atomic E-state index is 12.9. The maximum absolute atomic E-state index is 12.9. The van der Waals surface area contributed by atoms with E-state index in [4.69, 9.17) is 4.74 Å². The van der Waals surface area contributed by atoms with Crippen LogP contribution in [0.25, 0.3) is 10.9 Å². The average molecular weight is 394 g/mol. The van der Waals surface area contributed by atoms with Crippen molar-refractivity contribution < 1.29 is 14.3 Å². The van der Waals surface area contributed by atoms with Gasteiger partial charge in [-0.2, -0.15) is 0 Å². The summed E-state index contributed by atoms with van der Waals surface area (Å²) in [6, 6.07) is 8.29. The molecule has 152 valence electrons. The Morgan fingerprint density at radius 2 is 1.72 bits per heavy atom. The third-order valence-corrected chi connectivity index (χ3v) is 7.05. The molecule has 4 fully saturated rings. The van der Waals surface area contributed by atoms with Crippen molar-refractivity contribution in [2.45, 2.75) is 57.1 Å². The van der Waals surface area contributed by atoms with Crippen LogP contribution in [0.1, 0.15) is 55.8 Å². The van der Waals surface area contributed by atoms with Gasteiger partial charge in [-0.3, -0.25) is 9.59 Å². The lowest BCUT2D eigenvalue weighted by atomic mass is 9.53. The minimum absolute atomic E-state index is 0.122. The van der Waals surface area contributed by atoms with Crippen LogP contribution in [0, 0.1) is 17.8 Å². The fourth-order valence-electron chi connectivity index (χ4n) is 6.28. The van der Waals surface area contributed by atoms with Gasteiger partial charge in [0, 0.05) is 22.5 Å². The molecule has 2 aromatic rings. The number of benzene rings is 1. The molecule has 29 heavy (non-hydrogen) atoms. The number of carbonyl (C=O) groups excluding carboxylic acids is 2. The number of rotatable bonds is 4. The number of fused-ring (bicyclic) bond motifs is 1. The lowest BCUT2D eigenvalue weighted by Crippen LogP contribution is -2.61.